The lowest BCUT2D eigenvalue weighted by molar-refractivity contribution is -0.148. The minimum Gasteiger partial charge on any atom is -0.497 e. The van der Waals surface area contributed by atoms with Crippen LogP contribution in [0.3, 0.4) is 0 Å². The minimum atomic E-state index is -0.719. The van der Waals surface area contributed by atoms with Gasteiger partial charge in [-0.15, -0.1) is 0 Å². The Morgan fingerprint density at radius 3 is 2.48 bits per heavy atom. The van der Waals surface area contributed by atoms with E-state index in [-0.39, 0.29) is 11.8 Å². The van der Waals surface area contributed by atoms with Crippen LogP contribution in [0.1, 0.15) is 30.4 Å². The molecule has 1 aliphatic carbocycles. The largest absolute Gasteiger partial charge is 0.497 e. The Morgan fingerprint density at radius 1 is 1.16 bits per heavy atom. The van der Waals surface area contributed by atoms with E-state index >= 15 is 0 Å². The van der Waals surface area contributed by atoms with Gasteiger partial charge in [-0.1, -0.05) is 24.6 Å². The van der Waals surface area contributed by atoms with E-state index in [0.717, 1.165) is 43.8 Å². The highest BCUT2D eigenvalue weighted by atomic mass is 16.5. The first-order chi connectivity index (χ1) is 12.2. The van der Waals surface area contributed by atoms with E-state index in [0.29, 0.717) is 0 Å². The fourth-order valence-corrected chi connectivity index (χ4v) is 4.73. The third-order valence-corrected chi connectivity index (χ3v) is 6.00. The molecule has 2 atom stereocenters. The summed E-state index contributed by atoms with van der Waals surface area (Å²) in [6, 6.07) is 12.3. The highest BCUT2D eigenvalue weighted by Crippen LogP contribution is 2.49. The Hall–Kier alpha value is -1.91. The number of fused-ring (bicyclic) bond motifs is 2. The number of methoxy groups -OCH3 is 1. The molecule has 2 aliphatic rings. The predicted octanol–water partition coefficient (Wildman–Crippen LogP) is 3.21. The van der Waals surface area contributed by atoms with Crippen molar-refractivity contribution >= 4 is 0 Å². The van der Waals surface area contributed by atoms with Gasteiger partial charge in [-0.05, 0) is 36.6 Å². The van der Waals surface area contributed by atoms with Crippen LogP contribution in [0.2, 0.25) is 0 Å². The lowest BCUT2D eigenvalue weighted by Gasteiger charge is -2.53. The molecule has 1 saturated carbocycles. The summed E-state index contributed by atoms with van der Waals surface area (Å²) in [4.78, 5) is 6.75. The fourth-order valence-electron chi connectivity index (χ4n) is 4.73. The molecule has 0 spiro atoms. The van der Waals surface area contributed by atoms with Crippen molar-refractivity contribution in [3.8, 4) is 5.75 Å². The number of pyridine rings is 1. The molecule has 1 aromatic carbocycles. The van der Waals surface area contributed by atoms with Gasteiger partial charge in [0, 0.05) is 49.4 Å². The van der Waals surface area contributed by atoms with Crippen molar-refractivity contribution in [2.24, 2.45) is 11.8 Å². The number of ether oxygens (including phenoxy) is 1. The van der Waals surface area contributed by atoms with Crippen LogP contribution in [0.25, 0.3) is 0 Å². The lowest BCUT2D eigenvalue weighted by atomic mass is 9.63. The summed E-state index contributed by atoms with van der Waals surface area (Å²) >= 11 is 0. The highest BCUT2D eigenvalue weighted by Gasteiger charge is 2.51. The Balaban J connectivity index is 1.53. The van der Waals surface area contributed by atoms with Gasteiger partial charge in [-0.25, -0.2) is 0 Å². The topological polar surface area (TPSA) is 45.6 Å². The van der Waals surface area contributed by atoms with Crippen molar-refractivity contribution in [1.29, 1.82) is 0 Å². The third-order valence-electron chi connectivity index (χ3n) is 6.00. The number of rotatable bonds is 4. The molecule has 1 aliphatic heterocycles. The van der Waals surface area contributed by atoms with Gasteiger partial charge in [0.1, 0.15) is 5.75 Å². The molecule has 0 radical (unpaired) electrons. The predicted molar refractivity (Wildman–Crippen MR) is 97.2 cm³/mol. The van der Waals surface area contributed by atoms with E-state index in [1.807, 2.05) is 30.5 Å². The van der Waals surface area contributed by atoms with E-state index in [1.54, 1.807) is 13.3 Å². The minimum absolute atomic E-state index is 0.280. The number of nitrogens with zero attached hydrogens (tertiary/aromatic N) is 2. The van der Waals surface area contributed by atoms with Crippen LogP contribution in [0.5, 0.6) is 5.75 Å². The fraction of sp³-hybridized carbons (Fsp3) is 0.476. The number of likely N-dealkylation sites (tertiary alicyclic amines) is 1. The van der Waals surface area contributed by atoms with Crippen molar-refractivity contribution < 1.29 is 9.84 Å². The lowest BCUT2D eigenvalue weighted by Crippen LogP contribution is -2.57. The van der Waals surface area contributed by atoms with Crippen LogP contribution in [0.4, 0.5) is 0 Å². The number of aliphatic hydroxyl groups is 1. The molecule has 4 rings (SSSR count). The zero-order valence-corrected chi connectivity index (χ0v) is 14.8. The van der Waals surface area contributed by atoms with Gasteiger partial charge < -0.3 is 9.84 Å². The van der Waals surface area contributed by atoms with Gasteiger partial charge in [-0.2, -0.15) is 0 Å². The quantitative estimate of drug-likeness (QED) is 0.930. The Kier molecular flexibility index (Phi) is 4.48. The van der Waals surface area contributed by atoms with E-state index < -0.39 is 5.60 Å². The maximum Gasteiger partial charge on any atom is 0.118 e. The van der Waals surface area contributed by atoms with Gasteiger partial charge in [0.2, 0.25) is 0 Å². The van der Waals surface area contributed by atoms with Crippen molar-refractivity contribution in [3.63, 3.8) is 0 Å². The number of hydrogen-bond acceptors (Lipinski definition) is 4. The first-order valence-corrected chi connectivity index (χ1v) is 9.18. The summed E-state index contributed by atoms with van der Waals surface area (Å²) in [7, 11) is 1.69. The SMILES string of the molecule is COc1ccc(CN2CC3CCCC(C2)C3(O)c2cccnc2)cc1. The van der Waals surface area contributed by atoms with Gasteiger partial charge in [0.15, 0.2) is 0 Å². The molecule has 25 heavy (non-hydrogen) atoms. The van der Waals surface area contributed by atoms with E-state index in [2.05, 4.69) is 22.0 Å². The Morgan fingerprint density at radius 2 is 1.88 bits per heavy atom. The smallest absolute Gasteiger partial charge is 0.118 e. The Bertz CT molecular complexity index is 688. The molecule has 132 valence electrons. The third kappa shape index (κ3) is 3.05. The van der Waals surface area contributed by atoms with Crippen molar-refractivity contribution in [2.75, 3.05) is 20.2 Å². The molecule has 1 aromatic heterocycles. The molecule has 1 N–H and O–H groups in total. The number of piperidine rings is 1. The normalized spacial score (nSPS) is 29.4. The van der Waals surface area contributed by atoms with Gasteiger partial charge in [0.25, 0.3) is 0 Å². The van der Waals surface area contributed by atoms with Crippen LogP contribution in [0.15, 0.2) is 48.8 Å². The van der Waals surface area contributed by atoms with Crippen molar-refractivity contribution in [1.82, 2.24) is 9.88 Å². The molecular formula is C21H26N2O2. The molecule has 2 unspecified atom stereocenters. The average Bonchev–Trinajstić information content (AvgIpc) is 2.64. The zero-order valence-electron chi connectivity index (χ0n) is 14.8. The molecule has 1 saturated heterocycles. The van der Waals surface area contributed by atoms with Crippen LogP contribution in [-0.2, 0) is 12.1 Å². The van der Waals surface area contributed by atoms with Crippen LogP contribution in [0, 0.1) is 11.8 Å². The molecular weight excluding hydrogens is 312 g/mol. The van der Waals surface area contributed by atoms with Gasteiger partial charge in [0.05, 0.1) is 12.7 Å². The molecule has 4 nitrogen and oxygen atoms in total. The van der Waals surface area contributed by atoms with E-state index in [9.17, 15) is 5.11 Å². The number of hydrogen-bond donors (Lipinski definition) is 1. The second-order valence-corrected chi connectivity index (χ2v) is 7.43. The second kappa shape index (κ2) is 6.77. The van der Waals surface area contributed by atoms with E-state index in [4.69, 9.17) is 4.74 Å². The molecule has 0 amide bonds. The van der Waals surface area contributed by atoms with Gasteiger partial charge >= 0.3 is 0 Å². The molecule has 2 aromatic rings. The zero-order chi connectivity index (χ0) is 17.3. The van der Waals surface area contributed by atoms with Crippen LogP contribution >= 0.6 is 0 Å². The second-order valence-electron chi connectivity index (χ2n) is 7.43. The maximum absolute atomic E-state index is 11.6. The molecule has 2 bridgehead atoms. The molecule has 2 fully saturated rings. The van der Waals surface area contributed by atoms with E-state index in [1.165, 1.54) is 12.0 Å². The molecule has 4 heteroatoms. The summed E-state index contributed by atoms with van der Waals surface area (Å²) in [5.41, 5.74) is 1.57. The number of benzene rings is 1. The summed E-state index contributed by atoms with van der Waals surface area (Å²) in [5, 5.41) is 11.6. The molecule has 2 heterocycles. The first-order valence-electron chi connectivity index (χ1n) is 9.18. The average molecular weight is 338 g/mol. The first kappa shape index (κ1) is 16.6. The number of aromatic nitrogens is 1. The monoisotopic (exact) mass is 338 g/mol. The highest BCUT2D eigenvalue weighted by molar-refractivity contribution is 5.28. The summed E-state index contributed by atoms with van der Waals surface area (Å²) < 4.78 is 5.24. The maximum atomic E-state index is 11.6. The summed E-state index contributed by atoms with van der Waals surface area (Å²) in [6.07, 6.45) is 7.02. The standard InChI is InChI=1S/C21H26N2O2/c1-25-20-9-7-16(8-10-20)13-23-14-18-4-2-5-19(15-23)21(18,24)17-6-3-11-22-12-17/h3,6-12,18-19,24H,2,4-5,13-15H2,1H3. The Labute approximate surface area is 149 Å². The van der Waals surface area contributed by atoms with Crippen LogP contribution < -0.4 is 4.74 Å². The van der Waals surface area contributed by atoms with Crippen LogP contribution in [-0.4, -0.2) is 35.2 Å². The summed E-state index contributed by atoms with van der Waals surface area (Å²) in [6.45, 7) is 2.81. The van der Waals surface area contributed by atoms with Crippen molar-refractivity contribution in [2.45, 2.75) is 31.4 Å². The van der Waals surface area contributed by atoms with Gasteiger partial charge in [-0.3, -0.25) is 9.88 Å². The van der Waals surface area contributed by atoms with Crippen molar-refractivity contribution in [3.05, 3.63) is 59.9 Å². The summed E-state index contributed by atoms with van der Waals surface area (Å²) in [5.74, 6) is 1.45.